The molecule has 1 aliphatic carbocycles. The minimum Gasteiger partial charge on any atom is -0.396 e. The number of hydrogen-bond acceptors (Lipinski definition) is 4. The lowest BCUT2D eigenvalue weighted by atomic mass is 10.0. The third kappa shape index (κ3) is 9.46. The summed E-state index contributed by atoms with van der Waals surface area (Å²) in [4.78, 5) is 0. The number of nitrogens with one attached hydrogen (secondary N) is 1. The Labute approximate surface area is 130 Å². The van der Waals surface area contributed by atoms with E-state index in [0.29, 0.717) is 18.6 Å². The Morgan fingerprint density at radius 3 is 2.52 bits per heavy atom. The predicted octanol–water partition coefficient (Wildman–Crippen LogP) is 2.48. The first kappa shape index (κ1) is 18.9. The molecule has 0 bridgehead atoms. The third-order valence-corrected chi connectivity index (χ3v) is 4.43. The van der Waals surface area contributed by atoms with E-state index < -0.39 is 6.10 Å². The van der Waals surface area contributed by atoms with Crippen molar-refractivity contribution in [3.63, 3.8) is 0 Å². The van der Waals surface area contributed by atoms with Crippen molar-refractivity contribution < 1.29 is 14.9 Å². The molecule has 126 valence electrons. The second kappa shape index (κ2) is 11.4. The van der Waals surface area contributed by atoms with Crippen molar-refractivity contribution >= 4 is 0 Å². The predicted molar refractivity (Wildman–Crippen MR) is 86.4 cm³/mol. The number of unbranched alkanes of at least 4 members (excludes halogenated alkanes) is 5. The van der Waals surface area contributed by atoms with Gasteiger partial charge in [-0.05, 0) is 31.1 Å². The molecule has 4 heteroatoms. The van der Waals surface area contributed by atoms with Crippen molar-refractivity contribution in [2.75, 3.05) is 32.9 Å². The van der Waals surface area contributed by atoms with Crippen LogP contribution in [0.3, 0.4) is 0 Å². The van der Waals surface area contributed by atoms with Crippen molar-refractivity contribution in [3.8, 4) is 0 Å². The van der Waals surface area contributed by atoms with Gasteiger partial charge in [-0.2, -0.15) is 0 Å². The Kier molecular flexibility index (Phi) is 10.3. The molecule has 21 heavy (non-hydrogen) atoms. The van der Waals surface area contributed by atoms with Crippen molar-refractivity contribution in [2.45, 2.75) is 70.8 Å². The van der Waals surface area contributed by atoms with E-state index in [9.17, 15) is 5.11 Å². The summed E-state index contributed by atoms with van der Waals surface area (Å²) in [5.74, 6) is 0. The molecule has 1 atom stereocenters. The molecule has 0 aromatic carbocycles. The molecule has 0 heterocycles. The van der Waals surface area contributed by atoms with Crippen LogP contribution in [0.1, 0.15) is 64.7 Å². The molecule has 0 aliphatic heterocycles. The van der Waals surface area contributed by atoms with Crippen LogP contribution in [0.5, 0.6) is 0 Å². The maximum Gasteiger partial charge on any atom is 0.0897 e. The summed E-state index contributed by atoms with van der Waals surface area (Å²) in [7, 11) is 0. The molecule has 0 radical (unpaired) electrons. The van der Waals surface area contributed by atoms with Gasteiger partial charge in [-0.25, -0.2) is 0 Å². The average molecular weight is 301 g/mol. The zero-order valence-electron chi connectivity index (χ0n) is 13.8. The Morgan fingerprint density at radius 1 is 1.14 bits per heavy atom. The third-order valence-electron chi connectivity index (χ3n) is 4.43. The number of aliphatic hydroxyl groups excluding tert-OH is 2. The van der Waals surface area contributed by atoms with Gasteiger partial charge in [0.2, 0.25) is 0 Å². The molecule has 1 aliphatic rings. The Balaban J connectivity index is 1.84. The van der Waals surface area contributed by atoms with Crippen LogP contribution in [0.4, 0.5) is 0 Å². The maximum absolute atomic E-state index is 9.83. The van der Waals surface area contributed by atoms with Crippen LogP contribution >= 0.6 is 0 Å². The summed E-state index contributed by atoms with van der Waals surface area (Å²) >= 11 is 0. The highest BCUT2D eigenvalue weighted by Gasteiger charge is 2.41. The van der Waals surface area contributed by atoms with E-state index in [1.54, 1.807) is 0 Å². The molecule has 1 fully saturated rings. The smallest absolute Gasteiger partial charge is 0.0897 e. The molecule has 0 saturated heterocycles. The van der Waals surface area contributed by atoms with Crippen LogP contribution < -0.4 is 5.32 Å². The second-order valence-electron chi connectivity index (χ2n) is 6.60. The molecule has 1 unspecified atom stereocenters. The van der Waals surface area contributed by atoms with Gasteiger partial charge in [0.1, 0.15) is 0 Å². The van der Waals surface area contributed by atoms with Crippen molar-refractivity contribution in [2.24, 2.45) is 5.41 Å². The van der Waals surface area contributed by atoms with Gasteiger partial charge in [-0.3, -0.25) is 0 Å². The number of ether oxygens (including phenoxy) is 1. The van der Waals surface area contributed by atoms with E-state index in [0.717, 1.165) is 26.0 Å². The van der Waals surface area contributed by atoms with Crippen LogP contribution in [-0.2, 0) is 4.74 Å². The Morgan fingerprint density at radius 2 is 1.86 bits per heavy atom. The van der Waals surface area contributed by atoms with E-state index in [1.165, 1.54) is 44.9 Å². The lowest BCUT2D eigenvalue weighted by molar-refractivity contribution is 0.0347. The highest BCUT2D eigenvalue weighted by molar-refractivity contribution is 4.94. The second-order valence-corrected chi connectivity index (χ2v) is 6.60. The van der Waals surface area contributed by atoms with Gasteiger partial charge in [0, 0.05) is 26.3 Å². The number of hydrogen-bond donors (Lipinski definition) is 3. The van der Waals surface area contributed by atoms with Crippen molar-refractivity contribution in [3.05, 3.63) is 0 Å². The van der Waals surface area contributed by atoms with Gasteiger partial charge in [-0.15, -0.1) is 0 Å². The monoisotopic (exact) mass is 301 g/mol. The van der Waals surface area contributed by atoms with E-state index in [-0.39, 0.29) is 6.61 Å². The van der Waals surface area contributed by atoms with Crippen LogP contribution in [0.25, 0.3) is 0 Å². The van der Waals surface area contributed by atoms with Crippen LogP contribution in [0.2, 0.25) is 0 Å². The lowest BCUT2D eigenvalue weighted by Crippen LogP contribution is -2.34. The fraction of sp³-hybridized carbons (Fsp3) is 1.00. The Hall–Kier alpha value is -0.160. The minimum absolute atomic E-state index is 0.269. The fourth-order valence-electron chi connectivity index (χ4n) is 2.70. The highest BCUT2D eigenvalue weighted by Crippen LogP contribution is 2.47. The summed E-state index contributed by atoms with van der Waals surface area (Å²) in [6.07, 6.45) is 10.4. The van der Waals surface area contributed by atoms with E-state index >= 15 is 0 Å². The van der Waals surface area contributed by atoms with Gasteiger partial charge >= 0.3 is 0 Å². The molecule has 0 spiro atoms. The molecular weight excluding hydrogens is 266 g/mol. The zero-order chi connectivity index (χ0) is 15.4. The Bertz CT molecular complexity index is 244. The molecular formula is C17H35NO3. The minimum atomic E-state index is -0.421. The summed E-state index contributed by atoms with van der Waals surface area (Å²) in [5.41, 5.74) is 0.313. The number of aliphatic hydroxyl groups is 2. The van der Waals surface area contributed by atoms with E-state index in [1.807, 2.05) is 0 Å². The molecule has 3 N–H and O–H groups in total. The lowest BCUT2D eigenvalue weighted by Gasteiger charge is -2.17. The summed E-state index contributed by atoms with van der Waals surface area (Å²) < 4.78 is 5.52. The van der Waals surface area contributed by atoms with E-state index in [2.05, 4.69) is 12.2 Å². The van der Waals surface area contributed by atoms with Gasteiger partial charge in [-0.1, -0.05) is 39.0 Å². The van der Waals surface area contributed by atoms with Crippen LogP contribution in [0, 0.1) is 5.41 Å². The van der Waals surface area contributed by atoms with Crippen LogP contribution in [-0.4, -0.2) is 49.2 Å². The van der Waals surface area contributed by atoms with Gasteiger partial charge < -0.3 is 20.3 Å². The standard InChI is InChI=1S/C17H35NO3/c1-2-3-4-5-6-7-12-21-14-16(20)13-18-15-17(8-9-17)10-11-19/h16,18-20H,2-15H2,1H3. The number of rotatable bonds is 15. The largest absolute Gasteiger partial charge is 0.396 e. The SMILES string of the molecule is CCCCCCCCOCC(O)CNCC1(CCO)CC1. The molecule has 0 amide bonds. The molecule has 1 saturated carbocycles. The average Bonchev–Trinajstić information content (AvgIpc) is 3.22. The molecule has 4 nitrogen and oxygen atoms in total. The molecule has 0 aromatic heterocycles. The highest BCUT2D eigenvalue weighted by atomic mass is 16.5. The topological polar surface area (TPSA) is 61.7 Å². The maximum atomic E-state index is 9.83. The van der Waals surface area contributed by atoms with Gasteiger partial charge in [0.15, 0.2) is 0 Å². The van der Waals surface area contributed by atoms with Crippen molar-refractivity contribution in [1.82, 2.24) is 5.32 Å². The van der Waals surface area contributed by atoms with Crippen LogP contribution in [0.15, 0.2) is 0 Å². The normalized spacial score (nSPS) is 17.9. The summed E-state index contributed by atoms with van der Waals surface area (Å²) in [6, 6.07) is 0. The van der Waals surface area contributed by atoms with Crippen molar-refractivity contribution in [1.29, 1.82) is 0 Å². The van der Waals surface area contributed by atoms with E-state index in [4.69, 9.17) is 9.84 Å². The fourth-order valence-corrected chi connectivity index (χ4v) is 2.70. The molecule has 0 aromatic rings. The quantitative estimate of drug-likeness (QED) is 0.407. The first-order valence-corrected chi connectivity index (χ1v) is 8.80. The summed E-state index contributed by atoms with van der Waals surface area (Å²) in [6.45, 7) is 5.18. The van der Waals surface area contributed by atoms with Gasteiger partial charge in [0.25, 0.3) is 0 Å². The van der Waals surface area contributed by atoms with Gasteiger partial charge in [0.05, 0.1) is 12.7 Å². The first-order chi connectivity index (χ1) is 10.2. The molecule has 1 rings (SSSR count). The zero-order valence-corrected chi connectivity index (χ0v) is 13.8. The summed E-state index contributed by atoms with van der Waals surface area (Å²) in [5, 5.41) is 22.1. The first-order valence-electron chi connectivity index (χ1n) is 8.80.